The summed E-state index contributed by atoms with van der Waals surface area (Å²) in [5.74, 6) is 1.18. The van der Waals surface area contributed by atoms with Gasteiger partial charge in [0.25, 0.3) is 0 Å². The minimum Gasteiger partial charge on any atom is -0.492 e. The average molecular weight is 255 g/mol. The van der Waals surface area contributed by atoms with E-state index in [0.717, 1.165) is 12.8 Å². The molecule has 3 heteroatoms. The zero-order valence-corrected chi connectivity index (χ0v) is 10.7. The van der Waals surface area contributed by atoms with E-state index in [-0.39, 0.29) is 6.10 Å². The molecule has 0 heterocycles. The highest BCUT2D eigenvalue weighted by atomic mass is 35.5. The summed E-state index contributed by atoms with van der Waals surface area (Å²) < 4.78 is 5.58. The Kier molecular flexibility index (Phi) is 4.69. The van der Waals surface area contributed by atoms with Gasteiger partial charge in [-0.05, 0) is 30.9 Å². The average Bonchev–Trinajstić information content (AvgIpc) is 2.85. The van der Waals surface area contributed by atoms with Gasteiger partial charge in [0.05, 0.1) is 17.7 Å². The smallest absolute Gasteiger partial charge is 0.137 e. The van der Waals surface area contributed by atoms with Crippen molar-refractivity contribution in [2.45, 2.75) is 38.2 Å². The number of para-hydroxylation sites is 1. The van der Waals surface area contributed by atoms with E-state index >= 15 is 0 Å². The summed E-state index contributed by atoms with van der Waals surface area (Å²) in [6, 6.07) is 7.44. The zero-order valence-electron chi connectivity index (χ0n) is 9.94. The van der Waals surface area contributed by atoms with Gasteiger partial charge >= 0.3 is 0 Å². The molecule has 0 radical (unpaired) electrons. The largest absolute Gasteiger partial charge is 0.492 e. The Morgan fingerprint density at radius 3 is 2.71 bits per heavy atom. The van der Waals surface area contributed by atoms with E-state index in [9.17, 15) is 5.11 Å². The molecule has 1 N–H and O–H groups in total. The van der Waals surface area contributed by atoms with Crippen LogP contribution in [0.25, 0.3) is 0 Å². The van der Waals surface area contributed by atoms with Gasteiger partial charge in [0.1, 0.15) is 5.75 Å². The molecular weight excluding hydrogens is 236 g/mol. The fourth-order valence-electron chi connectivity index (χ4n) is 2.43. The molecule has 1 aliphatic carbocycles. The maximum Gasteiger partial charge on any atom is 0.137 e. The minimum atomic E-state index is -0.222. The highest BCUT2D eigenvalue weighted by Gasteiger charge is 2.22. The van der Waals surface area contributed by atoms with Crippen LogP contribution in [0.3, 0.4) is 0 Å². The summed E-state index contributed by atoms with van der Waals surface area (Å²) in [4.78, 5) is 0. The Bertz CT molecular complexity index is 348. The van der Waals surface area contributed by atoms with Crippen LogP contribution in [-0.2, 0) is 0 Å². The molecule has 0 spiro atoms. The van der Waals surface area contributed by atoms with Crippen LogP contribution < -0.4 is 4.74 Å². The third-order valence-electron chi connectivity index (χ3n) is 3.45. The van der Waals surface area contributed by atoms with Crippen molar-refractivity contribution in [3.63, 3.8) is 0 Å². The number of halogens is 1. The molecule has 17 heavy (non-hydrogen) atoms. The normalized spacial score (nSPS) is 18.2. The second-order valence-electron chi connectivity index (χ2n) is 4.68. The van der Waals surface area contributed by atoms with Crippen molar-refractivity contribution >= 4 is 11.6 Å². The predicted molar refractivity (Wildman–Crippen MR) is 69.5 cm³/mol. The van der Waals surface area contributed by atoms with Crippen molar-refractivity contribution in [2.24, 2.45) is 5.92 Å². The van der Waals surface area contributed by atoms with E-state index in [1.165, 1.54) is 12.8 Å². The van der Waals surface area contributed by atoms with Gasteiger partial charge in [0.2, 0.25) is 0 Å². The number of aliphatic hydroxyl groups excluding tert-OH is 1. The molecule has 2 nitrogen and oxygen atoms in total. The number of ether oxygens (including phenoxy) is 1. The lowest BCUT2D eigenvalue weighted by atomic mass is 9.99. The Hall–Kier alpha value is -0.730. The molecule has 1 aromatic carbocycles. The van der Waals surface area contributed by atoms with Crippen molar-refractivity contribution in [3.8, 4) is 5.75 Å². The molecule has 1 atom stereocenters. The molecule has 0 aromatic heterocycles. The number of benzene rings is 1. The fraction of sp³-hybridized carbons (Fsp3) is 0.571. The van der Waals surface area contributed by atoms with Crippen LogP contribution in [0.4, 0.5) is 0 Å². The number of hydrogen-bond donors (Lipinski definition) is 1. The van der Waals surface area contributed by atoms with E-state index in [1.54, 1.807) is 0 Å². The molecule has 1 saturated carbocycles. The van der Waals surface area contributed by atoms with Crippen molar-refractivity contribution in [1.29, 1.82) is 0 Å². The summed E-state index contributed by atoms with van der Waals surface area (Å²) >= 11 is 5.98. The van der Waals surface area contributed by atoms with Gasteiger partial charge < -0.3 is 9.84 Å². The van der Waals surface area contributed by atoms with Gasteiger partial charge in [-0.15, -0.1) is 0 Å². The summed E-state index contributed by atoms with van der Waals surface area (Å²) in [6.45, 7) is 0.529. The molecule has 1 aromatic rings. The van der Waals surface area contributed by atoms with E-state index < -0.39 is 0 Å². The van der Waals surface area contributed by atoms with Gasteiger partial charge in [-0.1, -0.05) is 36.6 Å². The first kappa shape index (κ1) is 12.7. The highest BCUT2D eigenvalue weighted by molar-refractivity contribution is 6.32. The molecule has 1 fully saturated rings. The van der Waals surface area contributed by atoms with Gasteiger partial charge in [-0.2, -0.15) is 0 Å². The monoisotopic (exact) mass is 254 g/mol. The lowest BCUT2D eigenvalue weighted by molar-refractivity contribution is 0.0853. The van der Waals surface area contributed by atoms with Crippen LogP contribution in [0.5, 0.6) is 5.75 Å². The Morgan fingerprint density at radius 2 is 2.00 bits per heavy atom. The second kappa shape index (κ2) is 6.27. The van der Waals surface area contributed by atoms with Gasteiger partial charge in [-0.25, -0.2) is 0 Å². The molecule has 0 amide bonds. The van der Waals surface area contributed by atoms with Crippen LogP contribution in [0.2, 0.25) is 5.02 Å². The minimum absolute atomic E-state index is 0.222. The molecule has 2 rings (SSSR count). The van der Waals surface area contributed by atoms with E-state index in [4.69, 9.17) is 16.3 Å². The second-order valence-corrected chi connectivity index (χ2v) is 5.09. The van der Waals surface area contributed by atoms with Crippen LogP contribution in [-0.4, -0.2) is 17.8 Å². The van der Waals surface area contributed by atoms with Gasteiger partial charge in [0.15, 0.2) is 0 Å². The number of rotatable bonds is 5. The molecule has 0 bridgehead atoms. The lowest BCUT2D eigenvalue weighted by Crippen LogP contribution is -2.20. The van der Waals surface area contributed by atoms with Crippen LogP contribution in [0.1, 0.15) is 32.1 Å². The Labute approximate surface area is 108 Å². The third kappa shape index (κ3) is 3.62. The first-order valence-electron chi connectivity index (χ1n) is 6.33. The standard InChI is InChI=1S/C14H19ClO2/c15-12-7-3-4-8-14(12)17-10-9-13(16)11-5-1-2-6-11/h3-4,7-8,11,13,16H,1-2,5-6,9-10H2. The number of hydrogen-bond acceptors (Lipinski definition) is 2. The predicted octanol–water partition coefficient (Wildman–Crippen LogP) is 3.66. The molecule has 0 saturated heterocycles. The van der Waals surface area contributed by atoms with Crippen LogP contribution in [0, 0.1) is 5.92 Å². The summed E-state index contributed by atoms with van der Waals surface area (Å²) in [6.07, 6.45) is 5.30. The third-order valence-corrected chi connectivity index (χ3v) is 3.76. The summed E-state index contributed by atoms with van der Waals surface area (Å²) in [5.41, 5.74) is 0. The Morgan fingerprint density at radius 1 is 1.29 bits per heavy atom. The van der Waals surface area contributed by atoms with Crippen molar-refractivity contribution in [2.75, 3.05) is 6.61 Å². The molecule has 94 valence electrons. The summed E-state index contributed by atoms with van der Waals surface area (Å²) in [7, 11) is 0. The fourth-order valence-corrected chi connectivity index (χ4v) is 2.62. The van der Waals surface area contributed by atoms with Crippen molar-refractivity contribution in [1.82, 2.24) is 0 Å². The van der Waals surface area contributed by atoms with Crippen LogP contribution >= 0.6 is 11.6 Å². The zero-order chi connectivity index (χ0) is 12.1. The number of aliphatic hydroxyl groups is 1. The SMILES string of the molecule is OC(CCOc1ccccc1Cl)C1CCCC1. The van der Waals surface area contributed by atoms with Crippen LogP contribution in [0.15, 0.2) is 24.3 Å². The molecule has 1 unspecified atom stereocenters. The Balaban J connectivity index is 1.74. The maximum absolute atomic E-state index is 9.98. The quantitative estimate of drug-likeness (QED) is 0.869. The molecular formula is C14H19ClO2. The first-order valence-corrected chi connectivity index (χ1v) is 6.70. The first-order chi connectivity index (χ1) is 8.27. The lowest BCUT2D eigenvalue weighted by Gasteiger charge is -2.17. The van der Waals surface area contributed by atoms with E-state index in [2.05, 4.69) is 0 Å². The van der Waals surface area contributed by atoms with E-state index in [0.29, 0.717) is 29.7 Å². The van der Waals surface area contributed by atoms with Gasteiger partial charge in [-0.3, -0.25) is 0 Å². The highest BCUT2D eigenvalue weighted by Crippen LogP contribution is 2.29. The molecule has 1 aliphatic rings. The van der Waals surface area contributed by atoms with E-state index in [1.807, 2.05) is 24.3 Å². The summed E-state index contributed by atoms with van der Waals surface area (Å²) in [5, 5.41) is 10.6. The molecule has 0 aliphatic heterocycles. The van der Waals surface area contributed by atoms with Crippen molar-refractivity contribution < 1.29 is 9.84 Å². The topological polar surface area (TPSA) is 29.5 Å². The van der Waals surface area contributed by atoms with Crippen molar-refractivity contribution in [3.05, 3.63) is 29.3 Å². The van der Waals surface area contributed by atoms with Gasteiger partial charge in [0, 0.05) is 6.42 Å². The maximum atomic E-state index is 9.98.